The van der Waals surface area contributed by atoms with Crippen LogP contribution in [0.2, 0.25) is 5.15 Å². The van der Waals surface area contributed by atoms with Crippen LogP contribution in [0.3, 0.4) is 0 Å². The van der Waals surface area contributed by atoms with E-state index in [4.69, 9.17) is 21.3 Å². The summed E-state index contributed by atoms with van der Waals surface area (Å²) in [4.78, 5) is 23.5. The number of carbonyl (C=O) groups is 1. The summed E-state index contributed by atoms with van der Waals surface area (Å²) in [6.45, 7) is 6.41. The fraction of sp³-hybridized carbons (Fsp3) is 0.588. The fourth-order valence-electron chi connectivity index (χ4n) is 3.56. The molecule has 2 aliphatic rings. The topological polar surface area (TPSA) is 59.7 Å². The Kier molecular flexibility index (Phi) is 3.95. The van der Waals surface area contributed by atoms with Gasteiger partial charge in [-0.3, -0.25) is 9.30 Å². The number of hydrogen-bond donors (Lipinski definition) is 0. The third kappa shape index (κ3) is 3.09. The number of rotatable bonds is 1. The highest BCUT2D eigenvalue weighted by Crippen LogP contribution is 2.58. The second-order valence-corrected chi connectivity index (χ2v) is 9.41. The van der Waals surface area contributed by atoms with Gasteiger partial charge in [-0.05, 0) is 68.0 Å². The Balaban J connectivity index is 1.75. The first kappa shape index (κ1) is 17.3. The highest BCUT2D eigenvalue weighted by molar-refractivity contribution is 14.1. The number of imidazole rings is 1. The van der Waals surface area contributed by atoms with Crippen molar-refractivity contribution in [1.82, 2.24) is 19.3 Å². The van der Waals surface area contributed by atoms with Gasteiger partial charge >= 0.3 is 6.09 Å². The van der Waals surface area contributed by atoms with E-state index < -0.39 is 5.60 Å². The fourth-order valence-corrected chi connectivity index (χ4v) is 4.72. The van der Waals surface area contributed by atoms with Crippen LogP contribution in [0, 0.1) is 9.12 Å². The molecule has 0 aromatic carbocycles. The van der Waals surface area contributed by atoms with Crippen molar-refractivity contribution in [2.75, 3.05) is 6.54 Å². The summed E-state index contributed by atoms with van der Waals surface area (Å²) in [6.07, 6.45) is 6.49. The second kappa shape index (κ2) is 5.70. The molecule has 4 rings (SSSR count). The van der Waals surface area contributed by atoms with E-state index in [0.717, 1.165) is 40.8 Å². The molecule has 2 aromatic rings. The van der Waals surface area contributed by atoms with E-state index in [1.54, 1.807) is 6.20 Å². The molecule has 0 unspecified atom stereocenters. The summed E-state index contributed by atoms with van der Waals surface area (Å²) >= 11 is 8.43. The third-order valence-corrected chi connectivity index (χ3v) is 5.92. The molecule has 1 saturated carbocycles. The molecule has 1 spiro atoms. The zero-order valence-electron chi connectivity index (χ0n) is 14.4. The van der Waals surface area contributed by atoms with Gasteiger partial charge < -0.3 is 4.74 Å². The van der Waals surface area contributed by atoms with Crippen molar-refractivity contribution in [2.45, 2.75) is 51.7 Å². The van der Waals surface area contributed by atoms with Crippen LogP contribution in [0.25, 0.3) is 5.52 Å². The van der Waals surface area contributed by atoms with Gasteiger partial charge in [0.2, 0.25) is 0 Å². The Labute approximate surface area is 165 Å². The minimum Gasteiger partial charge on any atom is -0.444 e. The Hall–Kier alpha value is -1.09. The smallest absolute Gasteiger partial charge is 0.410 e. The highest BCUT2D eigenvalue weighted by atomic mass is 127. The van der Waals surface area contributed by atoms with Gasteiger partial charge in [-0.2, -0.15) is 0 Å². The van der Waals surface area contributed by atoms with Crippen LogP contribution < -0.4 is 0 Å². The molecular formula is C17H20ClIN4O2. The highest BCUT2D eigenvalue weighted by Gasteiger charge is 2.55. The van der Waals surface area contributed by atoms with Gasteiger partial charge in [0.25, 0.3) is 0 Å². The number of aromatic nitrogens is 3. The minimum absolute atomic E-state index is 0.105. The number of amides is 1. The monoisotopic (exact) mass is 474 g/mol. The maximum absolute atomic E-state index is 12.8. The lowest BCUT2D eigenvalue weighted by Crippen LogP contribution is -2.37. The molecule has 25 heavy (non-hydrogen) atoms. The molecule has 1 aliphatic carbocycles. The van der Waals surface area contributed by atoms with Crippen molar-refractivity contribution in [3.8, 4) is 0 Å². The predicted molar refractivity (Wildman–Crippen MR) is 103 cm³/mol. The molecule has 1 aliphatic heterocycles. The van der Waals surface area contributed by atoms with Crippen molar-refractivity contribution in [1.29, 1.82) is 0 Å². The molecule has 134 valence electrons. The molecule has 2 fully saturated rings. The van der Waals surface area contributed by atoms with Crippen LogP contribution in [0.4, 0.5) is 4.79 Å². The first-order chi connectivity index (χ1) is 11.7. The maximum Gasteiger partial charge on any atom is 0.410 e. The zero-order chi connectivity index (χ0) is 18.0. The van der Waals surface area contributed by atoms with Crippen LogP contribution in [0.15, 0.2) is 12.4 Å². The van der Waals surface area contributed by atoms with Gasteiger partial charge in [0.1, 0.15) is 20.6 Å². The minimum atomic E-state index is -0.517. The van der Waals surface area contributed by atoms with E-state index in [1.165, 1.54) is 0 Å². The quantitative estimate of drug-likeness (QED) is 0.573. The Bertz CT molecular complexity index is 856. The van der Waals surface area contributed by atoms with Gasteiger partial charge in [-0.15, -0.1) is 0 Å². The predicted octanol–water partition coefficient (Wildman–Crippen LogP) is 4.45. The largest absolute Gasteiger partial charge is 0.444 e. The van der Waals surface area contributed by atoms with Gasteiger partial charge in [-0.25, -0.2) is 14.8 Å². The van der Waals surface area contributed by atoms with Gasteiger partial charge in [-0.1, -0.05) is 11.6 Å². The van der Waals surface area contributed by atoms with Crippen molar-refractivity contribution in [3.05, 3.63) is 27.1 Å². The van der Waals surface area contributed by atoms with Crippen LogP contribution >= 0.6 is 34.2 Å². The number of likely N-dealkylation sites (tertiary alicyclic amines) is 1. The van der Waals surface area contributed by atoms with Gasteiger partial charge in [0.05, 0.1) is 6.04 Å². The average Bonchev–Trinajstić information content (AvgIpc) is 3.00. The Morgan fingerprint density at radius 2 is 2.16 bits per heavy atom. The van der Waals surface area contributed by atoms with Gasteiger partial charge in [0.15, 0.2) is 5.15 Å². The molecule has 1 atom stereocenters. The van der Waals surface area contributed by atoms with Crippen LogP contribution in [0.1, 0.15) is 51.9 Å². The lowest BCUT2D eigenvalue weighted by molar-refractivity contribution is 0.0211. The van der Waals surface area contributed by atoms with E-state index in [0.29, 0.717) is 5.15 Å². The normalized spacial score (nSPS) is 22.0. The number of hydrogen-bond acceptors (Lipinski definition) is 4. The SMILES string of the molecule is CC(C)(C)OC(=O)N1CC2(CC2)C[C@H]1c1nc(I)c2c(Cl)nccn12. The molecule has 3 heterocycles. The van der Waals surface area contributed by atoms with E-state index in [1.807, 2.05) is 36.3 Å². The van der Waals surface area contributed by atoms with Crippen molar-refractivity contribution in [3.63, 3.8) is 0 Å². The number of fused-ring (bicyclic) bond motifs is 1. The molecular weight excluding hydrogens is 455 g/mol. The van der Waals surface area contributed by atoms with E-state index in [9.17, 15) is 4.79 Å². The Morgan fingerprint density at radius 3 is 2.80 bits per heavy atom. The van der Waals surface area contributed by atoms with Gasteiger partial charge in [0, 0.05) is 18.9 Å². The lowest BCUT2D eigenvalue weighted by atomic mass is 10.0. The molecule has 1 amide bonds. The van der Waals surface area contributed by atoms with E-state index in [-0.39, 0.29) is 17.6 Å². The lowest BCUT2D eigenvalue weighted by Gasteiger charge is -2.28. The summed E-state index contributed by atoms with van der Waals surface area (Å²) in [5.74, 6) is 0.832. The average molecular weight is 475 g/mol. The molecule has 2 aromatic heterocycles. The van der Waals surface area contributed by atoms with E-state index >= 15 is 0 Å². The first-order valence-corrected chi connectivity index (χ1v) is 9.82. The first-order valence-electron chi connectivity index (χ1n) is 8.37. The molecule has 8 heteroatoms. The number of halogens is 2. The summed E-state index contributed by atoms with van der Waals surface area (Å²) in [7, 11) is 0. The Morgan fingerprint density at radius 1 is 1.44 bits per heavy atom. The maximum atomic E-state index is 12.8. The number of carbonyl (C=O) groups excluding carboxylic acids is 1. The summed E-state index contributed by atoms with van der Waals surface area (Å²) < 4.78 is 8.40. The summed E-state index contributed by atoms with van der Waals surface area (Å²) in [5.41, 5.74) is 0.507. The van der Waals surface area contributed by atoms with Crippen LogP contribution in [0.5, 0.6) is 0 Å². The number of ether oxygens (including phenoxy) is 1. The molecule has 0 bridgehead atoms. The van der Waals surface area contributed by atoms with E-state index in [2.05, 4.69) is 27.6 Å². The third-order valence-electron chi connectivity index (χ3n) is 4.89. The summed E-state index contributed by atoms with van der Waals surface area (Å²) in [5, 5.41) is 0.425. The summed E-state index contributed by atoms with van der Waals surface area (Å²) in [6, 6.07) is -0.105. The molecule has 1 saturated heterocycles. The molecule has 6 nitrogen and oxygen atoms in total. The van der Waals surface area contributed by atoms with Crippen molar-refractivity contribution >= 4 is 45.8 Å². The second-order valence-electron chi connectivity index (χ2n) is 8.03. The van der Waals surface area contributed by atoms with Crippen molar-refractivity contribution < 1.29 is 9.53 Å². The van der Waals surface area contributed by atoms with Crippen LogP contribution in [-0.4, -0.2) is 37.5 Å². The number of nitrogens with zero attached hydrogens (tertiary/aromatic N) is 4. The van der Waals surface area contributed by atoms with Crippen LogP contribution in [-0.2, 0) is 4.74 Å². The molecule has 0 radical (unpaired) electrons. The van der Waals surface area contributed by atoms with Crippen molar-refractivity contribution in [2.24, 2.45) is 5.41 Å². The standard InChI is InChI=1S/C17H20ClIN4O2/c1-16(2,3)25-15(24)23-9-17(4-5-17)8-10(23)14-21-13(19)11-12(18)20-6-7-22(11)14/h6-7,10H,4-5,8-9H2,1-3H3/t10-/m0/s1. The molecule has 0 N–H and O–H groups in total. The zero-order valence-corrected chi connectivity index (χ0v) is 17.3.